The van der Waals surface area contributed by atoms with Crippen molar-refractivity contribution in [3.05, 3.63) is 64.7 Å². The SMILES string of the molecule is N#Cc1cccc(CS(=O)c2ccc3c(c2)CCC3)c1. The predicted molar refractivity (Wildman–Crippen MR) is 79.7 cm³/mol. The van der Waals surface area contributed by atoms with E-state index in [0.717, 1.165) is 23.3 Å². The van der Waals surface area contributed by atoms with Crippen LogP contribution in [0.4, 0.5) is 0 Å². The van der Waals surface area contributed by atoms with E-state index in [1.165, 1.54) is 17.5 Å². The molecule has 2 nitrogen and oxygen atoms in total. The monoisotopic (exact) mass is 281 g/mol. The van der Waals surface area contributed by atoms with Gasteiger partial charge in [0.25, 0.3) is 0 Å². The van der Waals surface area contributed by atoms with Gasteiger partial charge in [-0.15, -0.1) is 0 Å². The molecule has 0 amide bonds. The van der Waals surface area contributed by atoms with Crippen molar-refractivity contribution in [3.8, 4) is 6.07 Å². The van der Waals surface area contributed by atoms with Crippen LogP contribution in [0.15, 0.2) is 47.4 Å². The Morgan fingerprint density at radius 1 is 1.10 bits per heavy atom. The lowest BCUT2D eigenvalue weighted by Gasteiger charge is -2.06. The van der Waals surface area contributed by atoms with E-state index in [-0.39, 0.29) is 0 Å². The first-order chi connectivity index (χ1) is 9.76. The molecule has 0 heterocycles. The molecule has 0 spiro atoms. The van der Waals surface area contributed by atoms with Crippen molar-refractivity contribution in [2.45, 2.75) is 29.9 Å². The molecule has 2 aromatic rings. The topological polar surface area (TPSA) is 40.9 Å². The Kier molecular flexibility index (Phi) is 3.66. The molecule has 0 aromatic heterocycles. The van der Waals surface area contributed by atoms with Crippen molar-refractivity contribution in [3.63, 3.8) is 0 Å². The molecule has 0 saturated carbocycles. The molecule has 0 N–H and O–H groups in total. The fraction of sp³-hybridized carbons (Fsp3) is 0.235. The second-order valence-electron chi connectivity index (χ2n) is 5.09. The molecule has 0 bridgehead atoms. The first kappa shape index (κ1) is 13.1. The van der Waals surface area contributed by atoms with Gasteiger partial charge in [0.2, 0.25) is 0 Å². The molecule has 3 heteroatoms. The fourth-order valence-corrected chi connectivity index (χ4v) is 3.80. The molecule has 2 aromatic carbocycles. The smallest absolute Gasteiger partial charge is 0.0991 e. The minimum absolute atomic E-state index is 0.467. The van der Waals surface area contributed by atoms with Gasteiger partial charge in [0.15, 0.2) is 0 Å². The Morgan fingerprint density at radius 3 is 2.80 bits per heavy atom. The molecule has 100 valence electrons. The Hall–Kier alpha value is -1.92. The van der Waals surface area contributed by atoms with E-state index in [1.807, 2.05) is 24.3 Å². The number of nitriles is 1. The second-order valence-corrected chi connectivity index (χ2v) is 6.54. The summed E-state index contributed by atoms with van der Waals surface area (Å²) in [5.41, 5.74) is 4.31. The number of benzene rings is 2. The van der Waals surface area contributed by atoms with Crippen molar-refractivity contribution in [2.75, 3.05) is 0 Å². The predicted octanol–water partition coefficient (Wildman–Crippen LogP) is 3.35. The molecule has 0 aliphatic heterocycles. The summed E-state index contributed by atoms with van der Waals surface area (Å²) in [6.45, 7) is 0. The lowest BCUT2D eigenvalue weighted by molar-refractivity contribution is 0.682. The molecule has 1 unspecified atom stereocenters. The molecular weight excluding hydrogens is 266 g/mol. The van der Waals surface area contributed by atoms with E-state index in [2.05, 4.69) is 18.2 Å². The Morgan fingerprint density at radius 2 is 1.95 bits per heavy atom. The summed E-state index contributed by atoms with van der Waals surface area (Å²) in [7, 11) is -1.05. The van der Waals surface area contributed by atoms with Crippen LogP contribution in [0, 0.1) is 11.3 Å². The first-order valence-electron chi connectivity index (χ1n) is 6.75. The zero-order valence-corrected chi connectivity index (χ0v) is 12.0. The minimum atomic E-state index is -1.05. The standard InChI is InChI=1S/C17H15NOS/c18-11-13-3-1-4-14(9-13)12-20(19)17-8-7-15-5-2-6-16(15)10-17/h1,3-4,7-10H,2,5-6,12H2. The number of fused-ring (bicyclic) bond motifs is 1. The van der Waals surface area contributed by atoms with Crippen LogP contribution in [0.5, 0.6) is 0 Å². The van der Waals surface area contributed by atoms with E-state index in [9.17, 15) is 4.21 Å². The van der Waals surface area contributed by atoms with Crippen LogP contribution >= 0.6 is 0 Å². The van der Waals surface area contributed by atoms with Gasteiger partial charge >= 0.3 is 0 Å². The summed E-state index contributed by atoms with van der Waals surface area (Å²) in [5.74, 6) is 0.467. The van der Waals surface area contributed by atoms with Crippen LogP contribution in [0.2, 0.25) is 0 Å². The van der Waals surface area contributed by atoms with Crippen LogP contribution in [0.25, 0.3) is 0 Å². The van der Waals surface area contributed by atoms with E-state index < -0.39 is 10.8 Å². The third kappa shape index (κ3) is 2.66. The maximum atomic E-state index is 12.4. The summed E-state index contributed by atoms with van der Waals surface area (Å²) >= 11 is 0. The van der Waals surface area contributed by atoms with Crippen LogP contribution in [-0.4, -0.2) is 4.21 Å². The van der Waals surface area contributed by atoms with E-state index in [4.69, 9.17) is 5.26 Å². The Labute approximate surface area is 121 Å². The van der Waals surface area contributed by atoms with E-state index >= 15 is 0 Å². The maximum Gasteiger partial charge on any atom is 0.0991 e. The lowest BCUT2D eigenvalue weighted by Crippen LogP contribution is -1.98. The van der Waals surface area contributed by atoms with Gasteiger partial charge in [-0.05, 0) is 60.2 Å². The van der Waals surface area contributed by atoms with Crippen LogP contribution in [0.1, 0.15) is 28.7 Å². The van der Waals surface area contributed by atoms with Crippen LogP contribution in [-0.2, 0) is 29.4 Å². The number of aryl methyl sites for hydroxylation is 2. The van der Waals surface area contributed by atoms with Gasteiger partial charge in [0.1, 0.15) is 0 Å². The van der Waals surface area contributed by atoms with Gasteiger partial charge in [-0.25, -0.2) is 0 Å². The fourth-order valence-electron chi connectivity index (χ4n) is 2.66. The van der Waals surface area contributed by atoms with Gasteiger partial charge < -0.3 is 0 Å². The lowest BCUT2D eigenvalue weighted by atomic mass is 10.1. The number of nitrogens with zero attached hydrogens (tertiary/aromatic N) is 1. The molecule has 1 aliphatic rings. The highest BCUT2D eigenvalue weighted by Gasteiger charge is 2.13. The molecule has 3 rings (SSSR count). The average Bonchev–Trinajstić information content (AvgIpc) is 2.94. The Bertz CT molecular complexity index is 715. The molecule has 20 heavy (non-hydrogen) atoms. The van der Waals surface area contributed by atoms with Gasteiger partial charge in [-0.3, -0.25) is 4.21 Å². The zero-order valence-electron chi connectivity index (χ0n) is 11.1. The second kappa shape index (κ2) is 5.60. The first-order valence-corrected chi connectivity index (χ1v) is 8.07. The zero-order chi connectivity index (χ0) is 13.9. The average molecular weight is 281 g/mol. The van der Waals surface area contributed by atoms with Crippen molar-refractivity contribution in [1.29, 1.82) is 5.26 Å². The molecule has 0 fully saturated rings. The quantitative estimate of drug-likeness (QED) is 0.865. The van der Waals surface area contributed by atoms with Crippen molar-refractivity contribution < 1.29 is 4.21 Å². The molecule has 0 radical (unpaired) electrons. The number of hydrogen-bond acceptors (Lipinski definition) is 2. The van der Waals surface area contributed by atoms with E-state index in [1.54, 1.807) is 6.07 Å². The van der Waals surface area contributed by atoms with Crippen LogP contribution in [0.3, 0.4) is 0 Å². The third-order valence-corrected chi connectivity index (χ3v) is 5.06. The van der Waals surface area contributed by atoms with Gasteiger partial charge in [-0.2, -0.15) is 5.26 Å². The highest BCUT2D eigenvalue weighted by atomic mass is 32.2. The molecule has 1 aliphatic carbocycles. The molecule has 1 atom stereocenters. The summed E-state index contributed by atoms with van der Waals surface area (Å²) in [6, 6.07) is 15.6. The summed E-state index contributed by atoms with van der Waals surface area (Å²) in [6.07, 6.45) is 3.45. The number of rotatable bonds is 3. The number of hydrogen-bond donors (Lipinski definition) is 0. The van der Waals surface area contributed by atoms with Gasteiger partial charge in [-0.1, -0.05) is 18.2 Å². The van der Waals surface area contributed by atoms with Crippen LogP contribution < -0.4 is 0 Å². The summed E-state index contributed by atoms with van der Waals surface area (Å²) < 4.78 is 12.4. The summed E-state index contributed by atoms with van der Waals surface area (Å²) in [5, 5.41) is 8.89. The van der Waals surface area contributed by atoms with Crippen molar-refractivity contribution in [1.82, 2.24) is 0 Å². The highest BCUT2D eigenvalue weighted by molar-refractivity contribution is 7.84. The van der Waals surface area contributed by atoms with Gasteiger partial charge in [0.05, 0.1) is 28.2 Å². The maximum absolute atomic E-state index is 12.4. The van der Waals surface area contributed by atoms with Crippen molar-refractivity contribution in [2.24, 2.45) is 0 Å². The minimum Gasteiger partial charge on any atom is -0.254 e. The van der Waals surface area contributed by atoms with Gasteiger partial charge in [0, 0.05) is 4.90 Å². The van der Waals surface area contributed by atoms with E-state index in [0.29, 0.717) is 11.3 Å². The third-order valence-electron chi connectivity index (χ3n) is 3.69. The molecule has 0 saturated heterocycles. The highest BCUT2D eigenvalue weighted by Crippen LogP contribution is 2.25. The van der Waals surface area contributed by atoms with Crippen molar-refractivity contribution >= 4 is 10.8 Å². The Balaban J connectivity index is 1.81. The summed E-state index contributed by atoms with van der Waals surface area (Å²) in [4.78, 5) is 0.896. The largest absolute Gasteiger partial charge is 0.254 e. The molecular formula is C17H15NOS. The normalized spacial score (nSPS) is 14.6.